The van der Waals surface area contributed by atoms with Gasteiger partial charge in [-0.2, -0.15) is 0 Å². The van der Waals surface area contributed by atoms with Crippen molar-refractivity contribution in [2.24, 2.45) is 0 Å². The SMILES string of the molecule is COCCN(Cc1ccc(OC)c(OC)c1)Cc1ccc(C(O)(c2ccc(OC)cc2)c2ccc(OC)cc2)o1. The lowest BCUT2D eigenvalue weighted by molar-refractivity contribution is 0.0931. The van der Waals surface area contributed by atoms with Crippen molar-refractivity contribution in [3.63, 3.8) is 0 Å². The van der Waals surface area contributed by atoms with E-state index in [1.165, 1.54) is 0 Å². The third-order valence-corrected chi connectivity index (χ3v) is 6.88. The Morgan fingerprint density at radius 1 is 0.675 bits per heavy atom. The first kappa shape index (κ1) is 29.0. The van der Waals surface area contributed by atoms with Crippen LogP contribution in [0.15, 0.2) is 83.3 Å². The first-order valence-electron chi connectivity index (χ1n) is 13.0. The molecule has 1 heterocycles. The van der Waals surface area contributed by atoms with E-state index in [0.29, 0.717) is 71.9 Å². The number of hydrogen-bond acceptors (Lipinski definition) is 8. The topological polar surface area (TPSA) is 82.8 Å². The molecular weight excluding hydrogens is 510 g/mol. The number of aliphatic hydroxyl groups is 1. The monoisotopic (exact) mass is 547 g/mol. The Bertz CT molecular complexity index is 1300. The van der Waals surface area contributed by atoms with Crippen LogP contribution < -0.4 is 18.9 Å². The second-order valence-corrected chi connectivity index (χ2v) is 9.33. The van der Waals surface area contributed by atoms with E-state index in [0.717, 1.165) is 5.56 Å². The molecule has 0 unspecified atom stereocenters. The lowest BCUT2D eigenvalue weighted by Gasteiger charge is -2.28. The summed E-state index contributed by atoms with van der Waals surface area (Å²) in [5, 5.41) is 12.2. The number of ether oxygens (including phenoxy) is 5. The van der Waals surface area contributed by atoms with Crippen LogP contribution in [0.25, 0.3) is 0 Å². The van der Waals surface area contributed by atoms with E-state index in [1.807, 2.05) is 78.9 Å². The van der Waals surface area contributed by atoms with Gasteiger partial charge in [0.25, 0.3) is 0 Å². The molecule has 0 aliphatic carbocycles. The maximum Gasteiger partial charge on any atom is 0.173 e. The van der Waals surface area contributed by atoms with Crippen molar-refractivity contribution < 1.29 is 33.2 Å². The fraction of sp³-hybridized carbons (Fsp3) is 0.312. The normalized spacial score (nSPS) is 11.5. The largest absolute Gasteiger partial charge is 0.497 e. The fourth-order valence-electron chi connectivity index (χ4n) is 4.66. The molecule has 212 valence electrons. The molecule has 0 aliphatic heterocycles. The van der Waals surface area contributed by atoms with Gasteiger partial charge in [0, 0.05) is 20.2 Å². The maximum atomic E-state index is 12.2. The van der Waals surface area contributed by atoms with Crippen LogP contribution in [0.2, 0.25) is 0 Å². The molecule has 4 aromatic rings. The highest BCUT2D eigenvalue weighted by Gasteiger charge is 2.37. The molecule has 4 rings (SSSR count). The Kier molecular flexibility index (Phi) is 9.71. The minimum absolute atomic E-state index is 0.413. The van der Waals surface area contributed by atoms with E-state index in [-0.39, 0.29) is 0 Å². The number of benzene rings is 3. The van der Waals surface area contributed by atoms with Crippen molar-refractivity contribution in [1.29, 1.82) is 0 Å². The van der Waals surface area contributed by atoms with Crippen LogP contribution in [0, 0.1) is 0 Å². The Labute approximate surface area is 235 Å². The fourth-order valence-corrected chi connectivity index (χ4v) is 4.66. The zero-order valence-electron chi connectivity index (χ0n) is 23.7. The maximum absolute atomic E-state index is 12.2. The molecule has 1 aromatic heterocycles. The highest BCUT2D eigenvalue weighted by atomic mass is 16.5. The van der Waals surface area contributed by atoms with Crippen molar-refractivity contribution in [1.82, 2.24) is 4.90 Å². The molecule has 0 atom stereocenters. The van der Waals surface area contributed by atoms with Gasteiger partial charge in [0.2, 0.25) is 0 Å². The van der Waals surface area contributed by atoms with Gasteiger partial charge in [0.1, 0.15) is 23.0 Å². The molecule has 0 saturated heterocycles. The second-order valence-electron chi connectivity index (χ2n) is 9.33. The Morgan fingerprint density at radius 3 is 1.80 bits per heavy atom. The lowest BCUT2D eigenvalue weighted by Crippen LogP contribution is -2.28. The third-order valence-electron chi connectivity index (χ3n) is 6.88. The smallest absolute Gasteiger partial charge is 0.173 e. The minimum Gasteiger partial charge on any atom is -0.497 e. The van der Waals surface area contributed by atoms with E-state index in [1.54, 1.807) is 35.5 Å². The van der Waals surface area contributed by atoms with Gasteiger partial charge in [-0.25, -0.2) is 0 Å². The first-order chi connectivity index (χ1) is 19.4. The lowest BCUT2D eigenvalue weighted by atomic mass is 9.84. The van der Waals surface area contributed by atoms with E-state index < -0.39 is 5.60 Å². The quantitative estimate of drug-likeness (QED) is 0.229. The molecule has 0 amide bonds. The Balaban J connectivity index is 1.64. The van der Waals surface area contributed by atoms with Gasteiger partial charge < -0.3 is 33.2 Å². The van der Waals surface area contributed by atoms with E-state index in [4.69, 9.17) is 28.1 Å². The molecule has 0 bridgehead atoms. The zero-order chi connectivity index (χ0) is 28.5. The van der Waals surface area contributed by atoms with Crippen LogP contribution >= 0.6 is 0 Å². The van der Waals surface area contributed by atoms with Crippen molar-refractivity contribution in [2.45, 2.75) is 18.7 Å². The van der Waals surface area contributed by atoms with Crippen LogP contribution in [0.3, 0.4) is 0 Å². The highest BCUT2D eigenvalue weighted by molar-refractivity contribution is 5.47. The van der Waals surface area contributed by atoms with Crippen LogP contribution in [0.4, 0.5) is 0 Å². The van der Waals surface area contributed by atoms with Gasteiger partial charge in [-0.15, -0.1) is 0 Å². The third kappa shape index (κ3) is 6.42. The van der Waals surface area contributed by atoms with E-state index in [9.17, 15) is 5.11 Å². The number of methoxy groups -OCH3 is 5. The van der Waals surface area contributed by atoms with E-state index in [2.05, 4.69) is 4.90 Å². The summed E-state index contributed by atoms with van der Waals surface area (Å²) in [5.41, 5.74) is 0.840. The number of rotatable bonds is 14. The molecule has 0 aliphatic rings. The summed E-state index contributed by atoms with van der Waals surface area (Å²) in [6.07, 6.45) is 0. The summed E-state index contributed by atoms with van der Waals surface area (Å²) in [5.74, 6) is 3.88. The van der Waals surface area contributed by atoms with Crippen molar-refractivity contribution >= 4 is 0 Å². The average Bonchev–Trinajstić information content (AvgIpc) is 3.48. The summed E-state index contributed by atoms with van der Waals surface area (Å²) in [4.78, 5) is 2.22. The molecule has 0 spiro atoms. The molecule has 0 saturated carbocycles. The standard InChI is InChI=1S/C32H37NO7/c1-35-19-18-33(21-23-6-16-29(38-4)30(20-23)39-5)22-28-15-17-31(40-28)32(34,24-7-11-26(36-2)12-8-24)25-9-13-27(37-3)14-10-25/h6-17,20,34H,18-19,21-22H2,1-5H3. The summed E-state index contributed by atoms with van der Waals surface area (Å²) < 4.78 is 33.2. The van der Waals surface area contributed by atoms with Gasteiger partial charge >= 0.3 is 0 Å². The van der Waals surface area contributed by atoms with Crippen LogP contribution in [-0.2, 0) is 23.4 Å². The molecule has 40 heavy (non-hydrogen) atoms. The Morgan fingerprint density at radius 2 is 1.27 bits per heavy atom. The molecular formula is C32H37NO7. The summed E-state index contributed by atoms with van der Waals surface area (Å²) >= 11 is 0. The highest BCUT2D eigenvalue weighted by Crippen LogP contribution is 2.39. The van der Waals surface area contributed by atoms with Crippen molar-refractivity contribution in [2.75, 3.05) is 48.7 Å². The zero-order valence-corrected chi connectivity index (χ0v) is 23.7. The molecule has 1 N–H and O–H groups in total. The number of hydrogen-bond donors (Lipinski definition) is 1. The van der Waals surface area contributed by atoms with Gasteiger partial charge in [-0.1, -0.05) is 30.3 Å². The molecule has 8 heteroatoms. The van der Waals surface area contributed by atoms with Gasteiger partial charge in [0.05, 0.1) is 41.6 Å². The van der Waals surface area contributed by atoms with Gasteiger partial charge in [-0.05, 0) is 65.2 Å². The van der Waals surface area contributed by atoms with Gasteiger partial charge in [-0.3, -0.25) is 4.90 Å². The molecule has 8 nitrogen and oxygen atoms in total. The first-order valence-corrected chi connectivity index (χ1v) is 13.0. The van der Waals surface area contributed by atoms with Crippen LogP contribution in [0.5, 0.6) is 23.0 Å². The van der Waals surface area contributed by atoms with Crippen LogP contribution in [-0.4, -0.2) is 58.7 Å². The number of furan rings is 1. The average molecular weight is 548 g/mol. The predicted molar refractivity (Wildman–Crippen MR) is 152 cm³/mol. The van der Waals surface area contributed by atoms with E-state index >= 15 is 0 Å². The van der Waals surface area contributed by atoms with Gasteiger partial charge in [0.15, 0.2) is 17.1 Å². The second kappa shape index (κ2) is 13.4. The summed E-state index contributed by atoms with van der Waals surface area (Å²) in [6.45, 7) is 2.39. The molecule has 0 fully saturated rings. The Hall–Kier alpha value is -3.98. The summed E-state index contributed by atoms with van der Waals surface area (Å²) in [7, 11) is 8.16. The van der Waals surface area contributed by atoms with Crippen LogP contribution in [0.1, 0.15) is 28.2 Å². The predicted octanol–water partition coefficient (Wildman–Crippen LogP) is 5.25. The summed E-state index contributed by atoms with van der Waals surface area (Å²) in [6, 6.07) is 24.3. The van der Waals surface area contributed by atoms with Crippen molar-refractivity contribution in [3.8, 4) is 23.0 Å². The molecule has 0 radical (unpaired) electrons. The molecule has 3 aromatic carbocycles. The minimum atomic E-state index is -1.53. The number of nitrogens with zero attached hydrogens (tertiary/aromatic N) is 1. The van der Waals surface area contributed by atoms with Crippen molar-refractivity contribution in [3.05, 3.63) is 107 Å².